The predicted octanol–water partition coefficient (Wildman–Crippen LogP) is 3.41. The highest BCUT2D eigenvalue weighted by molar-refractivity contribution is 5.89. The second-order valence-electron chi connectivity index (χ2n) is 4.69. The van der Waals surface area contributed by atoms with Gasteiger partial charge >= 0.3 is 5.97 Å². The van der Waals surface area contributed by atoms with Gasteiger partial charge in [-0.15, -0.1) is 0 Å². The molecule has 1 unspecified atom stereocenters. The molecule has 0 amide bonds. The minimum atomic E-state index is -0.990. The number of carboxylic acid groups (broad SMARTS) is 1. The maximum absolute atomic E-state index is 11.1. The van der Waals surface area contributed by atoms with Crippen LogP contribution >= 0.6 is 0 Å². The van der Waals surface area contributed by atoms with E-state index in [2.05, 4.69) is 0 Å². The van der Waals surface area contributed by atoms with Gasteiger partial charge in [0.1, 0.15) is 0 Å². The summed E-state index contributed by atoms with van der Waals surface area (Å²) in [6.45, 7) is 3.62. The average Bonchev–Trinajstić information content (AvgIpc) is 2.39. The lowest BCUT2D eigenvalue weighted by molar-refractivity contribution is 0.0696. The van der Waals surface area contributed by atoms with Gasteiger partial charge in [-0.05, 0) is 48.7 Å². The lowest BCUT2D eigenvalue weighted by Crippen LogP contribution is -2.00. The van der Waals surface area contributed by atoms with Crippen molar-refractivity contribution in [3.8, 4) is 11.1 Å². The monoisotopic (exact) mass is 256 g/mol. The zero-order chi connectivity index (χ0) is 14.0. The van der Waals surface area contributed by atoms with Crippen LogP contribution in [-0.2, 0) is 0 Å². The Morgan fingerprint density at radius 1 is 1.05 bits per heavy atom. The van der Waals surface area contributed by atoms with Crippen LogP contribution < -0.4 is 0 Å². The molecule has 0 aromatic heterocycles. The second kappa shape index (κ2) is 5.24. The summed E-state index contributed by atoms with van der Waals surface area (Å²) in [4.78, 5) is 11.1. The van der Waals surface area contributed by atoms with E-state index in [4.69, 9.17) is 5.11 Å². The van der Waals surface area contributed by atoms with Gasteiger partial charge in [0.2, 0.25) is 0 Å². The summed E-state index contributed by atoms with van der Waals surface area (Å²) >= 11 is 0. The second-order valence-corrected chi connectivity index (χ2v) is 4.69. The minimum Gasteiger partial charge on any atom is -0.478 e. The summed E-state index contributed by atoms with van der Waals surface area (Å²) in [5.41, 5.74) is 3.68. The molecule has 0 radical (unpaired) electrons. The maximum atomic E-state index is 11.1. The smallest absolute Gasteiger partial charge is 0.335 e. The van der Waals surface area contributed by atoms with Gasteiger partial charge in [-0.25, -0.2) is 4.79 Å². The van der Waals surface area contributed by atoms with E-state index in [0.717, 1.165) is 16.7 Å². The van der Waals surface area contributed by atoms with E-state index >= 15 is 0 Å². The van der Waals surface area contributed by atoms with E-state index in [1.807, 2.05) is 37.3 Å². The van der Waals surface area contributed by atoms with Crippen molar-refractivity contribution in [1.82, 2.24) is 0 Å². The first-order valence-corrected chi connectivity index (χ1v) is 6.11. The first-order valence-electron chi connectivity index (χ1n) is 6.11. The summed E-state index contributed by atoms with van der Waals surface area (Å²) in [5.74, 6) is -0.990. The van der Waals surface area contributed by atoms with E-state index in [1.54, 1.807) is 13.0 Å². The molecule has 19 heavy (non-hydrogen) atoms. The number of carboxylic acids is 1. The van der Waals surface area contributed by atoms with Gasteiger partial charge in [-0.2, -0.15) is 0 Å². The average molecular weight is 256 g/mol. The molecule has 98 valence electrons. The van der Waals surface area contributed by atoms with Crippen molar-refractivity contribution in [3.05, 3.63) is 59.2 Å². The molecule has 0 aliphatic heterocycles. The van der Waals surface area contributed by atoms with Crippen LogP contribution in [0, 0.1) is 6.92 Å². The van der Waals surface area contributed by atoms with Gasteiger partial charge in [-0.3, -0.25) is 0 Å². The van der Waals surface area contributed by atoms with Crippen LogP contribution in [0.5, 0.6) is 0 Å². The van der Waals surface area contributed by atoms with Gasteiger partial charge in [0.05, 0.1) is 11.7 Å². The summed E-state index contributed by atoms with van der Waals surface area (Å²) in [7, 11) is 0. The third-order valence-corrected chi connectivity index (χ3v) is 3.07. The van der Waals surface area contributed by atoms with E-state index in [1.165, 1.54) is 6.07 Å². The first-order chi connectivity index (χ1) is 8.97. The number of hydrogen-bond donors (Lipinski definition) is 2. The predicted molar refractivity (Wildman–Crippen MR) is 74.2 cm³/mol. The molecule has 0 aliphatic rings. The summed E-state index contributed by atoms with van der Waals surface area (Å²) in [5, 5.41) is 18.8. The largest absolute Gasteiger partial charge is 0.478 e. The molecule has 2 aromatic rings. The van der Waals surface area contributed by atoms with E-state index in [9.17, 15) is 9.90 Å². The Hall–Kier alpha value is -2.13. The highest BCUT2D eigenvalue weighted by atomic mass is 16.4. The molecule has 2 N–H and O–H groups in total. The molecule has 3 heteroatoms. The fourth-order valence-electron chi connectivity index (χ4n) is 1.93. The third kappa shape index (κ3) is 3.01. The number of aryl methyl sites for hydroxylation is 1. The lowest BCUT2D eigenvalue weighted by Gasteiger charge is -2.10. The topological polar surface area (TPSA) is 57.5 Å². The Balaban J connectivity index is 2.55. The van der Waals surface area contributed by atoms with E-state index < -0.39 is 12.1 Å². The Kier molecular flexibility index (Phi) is 3.67. The highest BCUT2D eigenvalue weighted by Crippen LogP contribution is 2.25. The molecule has 3 nitrogen and oxygen atoms in total. The molecule has 2 aromatic carbocycles. The normalized spacial score (nSPS) is 12.2. The Morgan fingerprint density at radius 3 is 2.21 bits per heavy atom. The van der Waals surface area contributed by atoms with Crippen LogP contribution in [0.3, 0.4) is 0 Å². The molecule has 0 heterocycles. The van der Waals surface area contributed by atoms with Crippen molar-refractivity contribution in [3.63, 3.8) is 0 Å². The first kappa shape index (κ1) is 13.3. The van der Waals surface area contributed by atoms with Crippen LogP contribution in [0.25, 0.3) is 11.1 Å². The molecular formula is C16H16O3. The number of aliphatic hydroxyl groups excluding tert-OH is 1. The Morgan fingerprint density at radius 2 is 1.68 bits per heavy atom. The van der Waals surface area contributed by atoms with E-state index in [0.29, 0.717) is 5.56 Å². The Bertz CT molecular complexity index is 598. The van der Waals surface area contributed by atoms with Crippen LogP contribution in [0.4, 0.5) is 0 Å². The molecule has 0 bridgehead atoms. The molecule has 2 rings (SSSR count). The van der Waals surface area contributed by atoms with Crippen molar-refractivity contribution < 1.29 is 15.0 Å². The molecule has 0 spiro atoms. The van der Waals surface area contributed by atoms with Crippen molar-refractivity contribution in [2.45, 2.75) is 20.0 Å². The molecule has 0 fully saturated rings. The quantitative estimate of drug-likeness (QED) is 0.884. The number of rotatable bonds is 3. The van der Waals surface area contributed by atoms with Gasteiger partial charge in [-0.1, -0.05) is 29.8 Å². The maximum Gasteiger partial charge on any atom is 0.335 e. The third-order valence-electron chi connectivity index (χ3n) is 3.07. The van der Waals surface area contributed by atoms with Crippen LogP contribution in [0.15, 0.2) is 42.5 Å². The fraction of sp³-hybridized carbons (Fsp3) is 0.188. The standard InChI is InChI=1S/C16H16O3/c1-10-3-5-12(6-4-10)14-7-13(11(2)17)8-15(9-14)16(18)19/h3-9,11,17H,1-2H3,(H,18,19). The lowest BCUT2D eigenvalue weighted by atomic mass is 9.97. The summed E-state index contributed by atoms with van der Waals surface area (Å²) in [6.07, 6.45) is -0.691. The number of aliphatic hydroxyl groups is 1. The zero-order valence-corrected chi connectivity index (χ0v) is 10.9. The number of carbonyl (C=O) groups is 1. The number of benzene rings is 2. The van der Waals surface area contributed by atoms with Crippen molar-refractivity contribution in [1.29, 1.82) is 0 Å². The van der Waals surface area contributed by atoms with Gasteiger partial charge in [0.15, 0.2) is 0 Å². The molecule has 0 aliphatic carbocycles. The molecule has 1 atom stereocenters. The number of hydrogen-bond acceptors (Lipinski definition) is 2. The van der Waals surface area contributed by atoms with Gasteiger partial charge in [0, 0.05) is 0 Å². The van der Waals surface area contributed by atoms with Crippen molar-refractivity contribution >= 4 is 5.97 Å². The zero-order valence-electron chi connectivity index (χ0n) is 10.9. The highest BCUT2D eigenvalue weighted by Gasteiger charge is 2.11. The molecular weight excluding hydrogens is 240 g/mol. The van der Waals surface area contributed by atoms with Crippen molar-refractivity contribution in [2.24, 2.45) is 0 Å². The minimum absolute atomic E-state index is 0.189. The molecule has 0 saturated heterocycles. The van der Waals surface area contributed by atoms with E-state index in [-0.39, 0.29) is 5.56 Å². The summed E-state index contributed by atoms with van der Waals surface area (Å²) < 4.78 is 0. The van der Waals surface area contributed by atoms with Crippen LogP contribution in [0.1, 0.15) is 34.5 Å². The summed E-state index contributed by atoms with van der Waals surface area (Å²) in [6, 6.07) is 12.8. The molecule has 0 saturated carbocycles. The van der Waals surface area contributed by atoms with Gasteiger partial charge < -0.3 is 10.2 Å². The fourth-order valence-corrected chi connectivity index (χ4v) is 1.93. The Labute approximate surface area is 112 Å². The van der Waals surface area contributed by atoms with Crippen LogP contribution in [0.2, 0.25) is 0 Å². The number of aromatic carboxylic acids is 1. The van der Waals surface area contributed by atoms with Crippen LogP contribution in [-0.4, -0.2) is 16.2 Å². The van der Waals surface area contributed by atoms with Crippen molar-refractivity contribution in [2.75, 3.05) is 0 Å². The van der Waals surface area contributed by atoms with Gasteiger partial charge in [0.25, 0.3) is 0 Å². The SMILES string of the molecule is Cc1ccc(-c2cc(C(=O)O)cc(C(C)O)c2)cc1.